The van der Waals surface area contributed by atoms with Crippen molar-refractivity contribution in [3.63, 3.8) is 0 Å². The van der Waals surface area contributed by atoms with Crippen LogP contribution in [0.25, 0.3) is 0 Å². The maximum atomic E-state index is 12.0. The van der Waals surface area contributed by atoms with E-state index in [2.05, 4.69) is 0 Å². The van der Waals surface area contributed by atoms with Gasteiger partial charge in [-0.15, -0.1) is 11.3 Å². The van der Waals surface area contributed by atoms with Crippen molar-refractivity contribution in [2.45, 2.75) is 13.3 Å². The third-order valence-electron chi connectivity index (χ3n) is 2.13. The molecule has 0 N–H and O–H groups in total. The van der Waals surface area contributed by atoms with Gasteiger partial charge in [-0.05, 0) is 17.5 Å². The van der Waals surface area contributed by atoms with Crippen LogP contribution in [0.2, 0.25) is 5.02 Å². The van der Waals surface area contributed by atoms with Gasteiger partial charge in [0, 0.05) is 6.42 Å². The maximum absolute atomic E-state index is 12.0. The summed E-state index contributed by atoms with van der Waals surface area (Å²) in [5.74, 6) is 0.657. The van der Waals surface area contributed by atoms with Gasteiger partial charge in [0.2, 0.25) is 5.78 Å². The van der Waals surface area contributed by atoms with Crippen molar-refractivity contribution in [1.82, 2.24) is 0 Å². The highest BCUT2D eigenvalue weighted by molar-refractivity contribution is 7.13. The number of carbonyl (C=O) groups is 1. The van der Waals surface area contributed by atoms with E-state index in [0.29, 0.717) is 27.6 Å². The number of aryl methyl sites for hydroxylation is 1. The fourth-order valence-corrected chi connectivity index (χ4v) is 2.49. The number of carbonyl (C=O) groups excluding carboxylic acids is 1. The topological polar surface area (TPSA) is 30.2 Å². The summed E-state index contributed by atoms with van der Waals surface area (Å²) in [4.78, 5) is 12.6. The number of halogens is 1. The maximum Gasteiger partial charge on any atom is 0.207 e. The Kier molecular flexibility index (Phi) is 2.93. The van der Waals surface area contributed by atoms with Crippen molar-refractivity contribution >= 4 is 28.7 Å². The summed E-state index contributed by atoms with van der Waals surface area (Å²) in [6, 6.07) is 3.42. The van der Waals surface area contributed by atoms with E-state index in [9.17, 15) is 4.79 Å². The molecular formula is C11H9ClO2S. The SMILES string of the molecule is CCc1occc1C(=O)c1sccc1Cl. The summed E-state index contributed by atoms with van der Waals surface area (Å²) in [6.45, 7) is 1.95. The van der Waals surface area contributed by atoms with Crippen LogP contribution in [0.1, 0.15) is 27.9 Å². The van der Waals surface area contributed by atoms with Gasteiger partial charge in [-0.1, -0.05) is 18.5 Å². The molecule has 0 fully saturated rings. The van der Waals surface area contributed by atoms with E-state index in [1.807, 2.05) is 6.92 Å². The first-order chi connectivity index (χ1) is 7.24. The summed E-state index contributed by atoms with van der Waals surface area (Å²) in [5.41, 5.74) is 0.613. The van der Waals surface area contributed by atoms with E-state index in [1.165, 1.54) is 17.6 Å². The first-order valence-electron chi connectivity index (χ1n) is 4.58. The molecule has 0 saturated carbocycles. The minimum atomic E-state index is -0.0550. The molecule has 0 atom stereocenters. The van der Waals surface area contributed by atoms with Crippen LogP contribution in [0.4, 0.5) is 0 Å². The Labute approximate surface area is 96.5 Å². The Morgan fingerprint density at radius 3 is 2.93 bits per heavy atom. The molecule has 0 saturated heterocycles. The van der Waals surface area contributed by atoms with Crippen molar-refractivity contribution in [1.29, 1.82) is 0 Å². The van der Waals surface area contributed by atoms with Crippen molar-refractivity contribution in [2.75, 3.05) is 0 Å². The quantitative estimate of drug-likeness (QED) is 0.764. The Morgan fingerprint density at radius 2 is 2.33 bits per heavy atom. The highest BCUT2D eigenvalue weighted by Gasteiger charge is 2.18. The predicted molar refractivity (Wildman–Crippen MR) is 60.8 cm³/mol. The molecule has 15 heavy (non-hydrogen) atoms. The Morgan fingerprint density at radius 1 is 1.53 bits per heavy atom. The lowest BCUT2D eigenvalue weighted by molar-refractivity contribution is 0.104. The number of ketones is 1. The molecule has 2 nitrogen and oxygen atoms in total. The van der Waals surface area contributed by atoms with Crippen molar-refractivity contribution in [3.8, 4) is 0 Å². The zero-order valence-electron chi connectivity index (χ0n) is 8.12. The van der Waals surface area contributed by atoms with E-state index in [1.54, 1.807) is 17.5 Å². The van der Waals surface area contributed by atoms with Crippen molar-refractivity contribution in [3.05, 3.63) is 45.0 Å². The first kappa shape index (κ1) is 10.5. The molecule has 0 aliphatic carbocycles. The summed E-state index contributed by atoms with van der Waals surface area (Å²) in [7, 11) is 0. The van der Waals surface area contributed by atoms with Crippen LogP contribution in [0.15, 0.2) is 28.2 Å². The predicted octanol–water partition coefficient (Wildman–Crippen LogP) is 3.79. The second-order valence-electron chi connectivity index (χ2n) is 3.04. The third kappa shape index (κ3) is 1.85. The zero-order valence-corrected chi connectivity index (χ0v) is 9.69. The largest absolute Gasteiger partial charge is 0.469 e. The standard InChI is InChI=1S/C11H9ClO2S/c1-2-9-7(3-5-14-9)10(13)11-8(12)4-6-15-11/h3-6H,2H2,1H3. The lowest BCUT2D eigenvalue weighted by Gasteiger charge is -1.97. The minimum Gasteiger partial charge on any atom is -0.469 e. The van der Waals surface area contributed by atoms with Crippen LogP contribution in [0.5, 0.6) is 0 Å². The van der Waals surface area contributed by atoms with Crippen LogP contribution >= 0.6 is 22.9 Å². The number of thiophene rings is 1. The lowest BCUT2D eigenvalue weighted by atomic mass is 10.1. The highest BCUT2D eigenvalue weighted by atomic mass is 35.5. The fraction of sp³-hybridized carbons (Fsp3) is 0.182. The molecule has 4 heteroatoms. The van der Waals surface area contributed by atoms with Crippen molar-refractivity contribution < 1.29 is 9.21 Å². The molecule has 0 spiro atoms. The van der Waals surface area contributed by atoms with Gasteiger partial charge < -0.3 is 4.42 Å². The molecular weight excluding hydrogens is 232 g/mol. The summed E-state index contributed by atoms with van der Waals surface area (Å²) < 4.78 is 5.21. The van der Waals surface area contributed by atoms with Crippen LogP contribution in [0, 0.1) is 0 Å². The van der Waals surface area contributed by atoms with E-state index in [0.717, 1.165) is 0 Å². The molecule has 2 rings (SSSR count). The van der Waals surface area contributed by atoms with Crippen LogP contribution < -0.4 is 0 Å². The normalized spacial score (nSPS) is 10.5. The average Bonchev–Trinajstić information content (AvgIpc) is 2.84. The molecule has 0 aromatic carbocycles. The Bertz CT molecular complexity index is 484. The molecule has 2 heterocycles. The smallest absolute Gasteiger partial charge is 0.207 e. The second-order valence-corrected chi connectivity index (χ2v) is 4.36. The second kappa shape index (κ2) is 4.21. The number of furan rings is 1. The van der Waals surface area contributed by atoms with Gasteiger partial charge in [-0.25, -0.2) is 0 Å². The molecule has 0 bridgehead atoms. The summed E-state index contributed by atoms with van der Waals surface area (Å²) in [6.07, 6.45) is 2.24. The molecule has 78 valence electrons. The molecule has 0 aliphatic rings. The number of rotatable bonds is 3. The summed E-state index contributed by atoms with van der Waals surface area (Å²) in [5, 5.41) is 2.31. The monoisotopic (exact) mass is 240 g/mol. The highest BCUT2D eigenvalue weighted by Crippen LogP contribution is 2.26. The lowest BCUT2D eigenvalue weighted by Crippen LogP contribution is -2.00. The molecule has 2 aromatic rings. The van der Waals surface area contributed by atoms with Crippen molar-refractivity contribution in [2.24, 2.45) is 0 Å². The zero-order chi connectivity index (χ0) is 10.8. The van der Waals surface area contributed by atoms with Crippen LogP contribution in [-0.2, 0) is 6.42 Å². The average molecular weight is 241 g/mol. The van der Waals surface area contributed by atoms with E-state index >= 15 is 0 Å². The number of hydrogen-bond donors (Lipinski definition) is 0. The van der Waals surface area contributed by atoms with E-state index in [-0.39, 0.29) is 5.78 Å². The molecule has 0 unspecified atom stereocenters. The molecule has 0 aliphatic heterocycles. The Balaban J connectivity index is 2.41. The first-order valence-corrected chi connectivity index (χ1v) is 5.84. The fourth-order valence-electron chi connectivity index (χ4n) is 1.39. The van der Waals surface area contributed by atoms with Gasteiger partial charge in [0.25, 0.3) is 0 Å². The van der Waals surface area contributed by atoms with Crippen LogP contribution in [0.3, 0.4) is 0 Å². The van der Waals surface area contributed by atoms with Gasteiger partial charge in [0.15, 0.2) is 0 Å². The van der Waals surface area contributed by atoms with Gasteiger partial charge in [-0.2, -0.15) is 0 Å². The van der Waals surface area contributed by atoms with Crippen LogP contribution in [-0.4, -0.2) is 5.78 Å². The molecule has 0 radical (unpaired) electrons. The van der Waals surface area contributed by atoms with Gasteiger partial charge >= 0.3 is 0 Å². The Hall–Kier alpha value is -1.06. The molecule has 2 aromatic heterocycles. The minimum absolute atomic E-state index is 0.0550. The summed E-state index contributed by atoms with van der Waals surface area (Å²) >= 11 is 7.26. The number of hydrogen-bond acceptors (Lipinski definition) is 3. The van der Waals surface area contributed by atoms with E-state index < -0.39 is 0 Å². The van der Waals surface area contributed by atoms with Gasteiger partial charge in [0.1, 0.15) is 5.76 Å². The van der Waals surface area contributed by atoms with E-state index in [4.69, 9.17) is 16.0 Å². The third-order valence-corrected chi connectivity index (χ3v) is 3.47. The van der Waals surface area contributed by atoms with Gasteiger partial charge in [-0.3, -0.25) is 4.79 Å². The molecule has 0 amide bonds. The van der Waals surface area contributed by atoms with Gasteiger partial charge in [0.05, 0.1) is 21.7 Å².